The minimum atomic E-state index is -0.157. The highest BCUT2D eigenvalue weighted by Crippen LogP contribution is 2.14. The van der Waals surface area contributed by atoms with Gasteiger partial charge in [0, 0.05) is 50.6 Å². The van der Waals surface area contributed by atoms with Gasteiger partial charge in [-0.1, -0.05) is 35.9 Å². The third-order valence-electron chi connectivity index (χ3n) is 5.50. The normalized spacial score (nSPS) is 15.3. The number of aromatic amines is 1. The number of aromatic nitrogens is 2. The predicted octanol–water partition coefficient (Wildman–Crippen LogP) is 3.24. The highest BCUT2D eigenvalue weighted by atomic mass is 35.5. The van der Waals surface area contributed by atoms with Crippen molar-refractivity contribution in [2.75, 3.05) is 26.2 Å². The third-order valence-corrected chi connectivity index (χ3v) is 5.75. The van der Waals surface area contributed by atoms with Gasteiger partial charge in [0.05, 0.1) is 10.9 Å². The minimum Gasteiger partial charge on any atom is -0.341 e. The number of hydrogen-bond acceptors (Lipinski definition) is 4. The Morgan fingerprint density at radius 2 is 1.83 bits per heavy atom. The second-order valence-corrected chi connectivity index (χ2v) is 8.10. The van der Waals surface area contributed by atoms with Crippen molar-refractivity contribution >= 4 is 28.4 Å². The zero-order valence-electron chi connectivity index (χ0n) is 16.8. The van der Waals surface area contributed by atoms with E-state index in [1.54, 1.807) is 6.07 Å². The van der Waals surface area contributed by atoms with Crippen molar-refractivity contribution in [3.63, 3.8) is 0 Å². The summed E-state index contributed by atoms with van der Waals surface area (Å²) >= 11 is 5.96. The lowest BCUT2D eigenvalue weighted by molar-refractivity contribution is -0.131. The maximum Gasteiger partial charge on any atom is 0.258 e. The molecule has 1 saturated heterocycles. The topological polar surface area (TPSA) is 69.3 Å². The van der Waals surface area contributed by atoms with Crippen LogP contribution in [-0.2, 0) is 17.8 Å². The first-order chi connectivity index (χ1) is 14.6. The van der Waals surface area contributed by atoms with E-state index in [1.165, 1.54) is 5.56 Å². The molecule has 0 aliphatic carbocycles. The van der Waals surface area contributed by atoms with E-state index >= 15 is 0 Å². The smallest absolute Gasteiger partial charge is 0.258 e. The second-order valence-electron chi connectivity index (χ2n) is 7.67. The molecular weight excluding hydrogens is 400 g/mol. The number of para-hydroxylation sites is 1. The Labute approximate surface area is 180 Å². The van der Waals surface area contributed by atoms with Crippen LogP contribution < -0.4 is 5.56 Å². The molecule has 0 unspecified atom stereocenters. The fourth-order valence-corrected chi connectivity index (χ4v) is 3.99. The number of carbonyl (C=O) groups is 1. The molecule has 1 N–H and O–H groups in total. The van der Waals surface area contributed by atoms with E-state index in [1.807, 2.05) is 47.4 Å². The summed E-state index contributed by atoms with van der Waals surface area (Å²) < 4.78 is 0. The van der Waals surface area contributed by atoms with Crippen molar-refractivity contribution in [1.29, 1.82) is 0 Å². The van der Waals surface area contributed by atoms with Crippen LogP contribution in [0.4, 0.5) is 0 Å². The number of aryl methyl sites for hydroxylation is 1. The van der Waals surface area contributed by atoms with Crippen LogP contribution in [0, 0.1) is 0 Å². The van der Waals surface area contributed by atoms with Gasteiger partial charge < -0.3 is 9.88 Å². The van der Waals surface area contributed by atoms with Crippen molar-refractivity contribution < 1.29 is 4.79 Å². The number of rotatable bonds is 5. The van der Waals surface area contributed by atoms with Gasteiger partial charge in [0.15, 0.2) is 0 Å². The summed E-state index contributed by atoms with van der Waals surface area (Å²) in [5.41, 5.74) is 1.73. The van der Waals surface area contributed by atoms with Crippen molar-refractivity contribution in [2.24, 2.45) is 0 Å². The Bertz CT molecular complexity index is 1080. The number of hydrogen-bond donors (Lipinski definition) is 1. The van der Waals surface area contributed by atoms with Crippen LogP contribution in [0.25, 0.3) is 10.9 Å². The fraction of sp³-hybridized carbons (Fsp3) is 0.348. The average molecular weight is 425 g/mol. The first-order valence-electron chi connectivity index (χ1n) is 10.3. The van der Waals surface area contributed by atoms with Crippen LogP contribution in [0.5, 0.6) is 0 Å². The number of benzene rings is 2. The van der Waals surface area contributed by atoms with Gasteiger partial charge in [0.25, 0.3) is 5.56 Å². The molecule has 3 aromatic rings. The molecule has 4 rings (SSSR count). The molecule has 0 bridgehead atoms. The van der Waals surface area contributed by atoms with Gasteiger partial charge in [0.2, 0.25) is 5.91 Å². The molecular formula is C23H25ClN4O2. The molecule has 1 aromatic heterocycles. The van der Waals surface area contributed by atoms with E-state index in [9.17, 15) is 9.59 Å². The van der Waals surface area contributed by atoms with Crippen molar-refractivity contribution in [3.8, 4) is 0 Å². The largest absolute Gasteiger partial charge is 0.341 e. The first-order valence-corrected chi connectivity index (χ1v) is 10.7. The van der Waals surface area contributed by atoms with Crippen molar-refractivity contribution in [2.45, 2.75) is 25.8 Å². The van der Waals surface area contributed by atoms with Crippen LogP contribution in [-0.4, -0.2) is 51.9 Å². The van der Waals surface area contributed by atoms with Crippen LogP contribution in [0.2, 0.25) is 5.02 Å². The molecule has 2 heterocycles. The number of H-pyrrole nitrogens is 1. The lowest BCUT2D eigenvalue weighted by atomic mass is 10.2. The monoisotopic (exact) mass is 424 g/mol. The average Bonchev–Trinajstić information content (AvgIpc) is 2.99. The summed E-state index contributed by atoms with van der Waals surface area (Å²) in [6.45, 7) is 4.15. The maximum absolute atomic E-state index is 12.7. The van der Waals surface area contributed by atoms with E-state index < -0.39 is 0 Å². The van der Waals surface area contributed by atoms with Crippen LogP contribution in [0.15, 0.2) is 53.3 Å². The van der Waals surface area contributed by atoms with Crippen molar-refractivity contribution in [3.05, 3.63) is 75.3 Å². The molecule has 1 fully saturated rings. The standard InChI is InChI=1S/C23H25ClN4O2/c24-18-8-6-17(7-9-18)16-27-12-3-13-28(15-14-27)22(29)11-10-21-25-20-5-2-1-4-19(20)23(30)26-21/h1-2,4-9H,3,10-16H2,(H,25,26,30). The number of halogens is 1. The van der Waals surface area contributed by atoms with Crippen LogP contribution >= 0.6 is 11.6 Å². The summed E-state index contributed by atoms with van der Waals surface area (Å²) in [6.07, 6.45) is 1.73. The second kappa shape index (κ2) is 9.41. The molecule has 156 valence electrons. The fourth-order valence-electron chi connectivity index (χ4n) is 3.86. The van der Waals surface area contributed by atoms with E-state index in [0.29, 0.717) is 36.1 Å². The zero-order valence-corrected chi connectivity index (χ0v) is 17.6. The summed E-state index contributed by atoms with van der Waals surface area (Å²) in [5.74, 6) is 0.672. The molecule has 0 spiro atoms. The summed E-state index contributed by atoms with van der Waals surface area (Å²) in [6, 6.07) is 15.2. The molecule has 6 nitrogen and oxygen atoms in total. The Morgan fingerprint density at radius 3 is 2.67 bits per heavy atom. The highest BCUT2D eigenvalue weighted by Gasteiger charge is 2.19. The molecule has 7 heteroatoms. The Morgan fingerprint density at radius 1 is 1.03 bits per heavy atom. The van der Waals surface area contributed by atoms with Gasteiger partial charge in [-0.15, -0.1) is 0 Å². The number of amides is 1. The van der Waals surface area contributed by atoms with Crippen molar-refractivity contribution in [1.82, 2.24) is 19.8 Å². The predicted molar refractivity (Wildman–Crippen MR) is 119 cm³/mol. The van der Waals surface area contributed by atoms with Crippen LogP contribution in [0.3, 0.4) is 0 Å². The van der Waals surface area contributed by atoms with E-state index in [2.05, 4.69) is 14.9 Å². The third kappa shape index (κ3) is 5.07. The summed E-state index contributed by atoms with van der Waals surface area (Å²) in [7, 11) is 0. The van der Waals surface area contributed by atoms with Gasteiger partial charge in [-0.2, -0.15) is 0 Å². The molecule has 1 aliphatic heterocycles. The Kier molecular flexibility index (Phi) is 6.45. The van der Waals surface area contributed by atoms with Crippen LogP contribution in [0.1, 0.15) is 24.2 Å². The van der Waals surface area contributed by atoms with E-state index in [-0.39, 0.29) is 11.5 Å². The molecule has 30 heavy (non-hydrogen) atoms. The number of carbonyl (C=O) groups excluding carboxylic acids is 1. The number of nitrogens with zero attached hydrogens (tertiary/aromatic N) is 3. The van der Waals surface area contributed by atoms with Gasteiger partial charge in [0.1, 0.15) is 5.82 Å². The lowest BCUT2D eigenvalue weighted by Gasteiger charge is -2.22. The Hall–Kier alpha value is -2.70. The minimum absolute atomic E-state index is 0.110. The Balaban J connectivity index is 1.32. The SMILES string of the molecule is O=C(CCc1nc2ccccc2c(=O)[nH]1)N1CCCN(Cc2ccc(Cl)cc2)CC1. The van der Waals surface area contributed by atoms with Gasteiger partial charge in [-0.25, -0.2) is 4.98 Å². The molecule has 1 amide bonds. The molecule has 0 radical (unpaired) electrons. The molecule has 0 saturated carbocycles. The summed E-state index contributed by atoms with van der Waals surface area (Å²) in [4.78, 5) is 36.5. The van der Waals surface area contributed by atoms with Gasteiger partial charge in [-0.05, 0) is 36.2 Å². The quantitative estimate of drug-likeness (QED) is 0.682. The lowest BCUT2D eigenvalue weighted by Crippen LogP contribution is -2.35. The molecule has 1 aliphatic rings. The number of nitrogens with one attached hydrogen (secondary N) is 1. The van der Waals surface area contributed by atoms with Gasteiger partial charge in [-0.3, -0.25) is 14.5 Å². The van der Waals surface area contributed by atoms with E-state index in [0.717, 1.165) is 37.6 Å². The first kappa shape index (κ1) is 20.6. The maximum atomic E-state index is 12.7. The van der Waals surface area contributed by atoms with Gasteiger partial charge >= 0.3 is 0 Å². The zero-order chi connectivity index (χ0) is 20.9. The van der Waals surface area contributed by atoms with E-state index in [4.69, 9.17) is 11.6 Å². The molecule has 0 atom stereocenters. The number of fused-ring (bicyclic) bond motifs is 1. The summed E-state index contributed by atoms with van der Waals surface area (Å²) in [5, 5.41) is 1.31. The molecule has 2 aromatic carbocycles. The highest BCUT2D eigenvalue weighted by molar-refractivity contribution is 6.30.